The molecule has 6 nitrogen and oxygen atoms in total. The zero-order valence-electron chi connectivity index (χ0n) is 15.8. The van der Waals surface area contributed by atoms with Gasteiger partial charge in [0.25, 0.3) is 0 Å². The zero-order valence-corrected chi connectivity index (χ0v) is 16.6. The lowest BCUT2D eigenvalue weighted by atomic mass is 10.1. The Morgan fingerprint density at radius 2 is 2.08 bits per heavy atom. The van der Waals surface area contributed by atoms with Crippen LogP contribution in [0.5, 0.6) is 0 Å². The van der Waals surface area contributed by atoms with E-state index in [1.807, 2.05) is 30.3 Å². The fourth-order valence-corrected chi connectivity index (χ4v) is 4.25. The van der Waals surface area contributed by atoms with Gasteiger partial charge in [0.15, 0.2) is 0 Å². The van der Waals surface area contributed by atoms with E-state index in [0.717, 1.165) is 43.5 Å². The number of hydrogen-bond acceptors (Lipinski definition) is 7. The normalized spacial score (nSPS) is 15.1. The molecule has 0 bridgehead atoms. The smallest absolute Gasteiger partial charge is 0.227 e. The van der Waals surface area contributed by atoms with Gasteiger partial charge in [-0.1, -0.05) is 0 Å². The number of nitrogens with one attached hydrogen (secondary N) is 2. The molecule has 0 aliphatic carbocycles. The minimum absolute atomic E-state index is 0.329. The van der Waals surface area contributed by atoms with Gasteiger partial charge in [-0.3, -0.25) is 0 Å². The molecule has 2 aromatic heterocycles. The third-order valence-corrected chi connectivity index (χ3v) is 5.74. The van der Waals surface area contributed by atoms with Crippen LogP contribution < -0.4 is 15.5 Å². The third kappa shape index (κ3) is 3.94. The summed E-state index contributed by atoms with van der Waals surface area (Å²) in [5, 5.41) is 9.20. The van der Waals surface area contributed by atoms with Crippen molar-refractivity contribution in [3.05, 3.63) is 33.1 Å². The number of fused-ring (bicyclic) bond motifs is 1. The molecule has 0 saturated carbocycles. The number of nitrogens with zero attached hydrogens (tertiary/aromatic N) is 4. The van der Waals surface area contributed by atoms with E-state index in [1.165, 1.54) is 16.0 Å². The molecule has 2 aromatic rings. The first-order valence-electron chi connectivity index (χ1n) is 8.69. The number of thiophene rings is 1. The highest BCUT2D eigenvalue weighted by Crippen LogP contribution is 2.29. The summed E-state index contributed by atoms with van der Waals surface area (Å²) in [5.74, 6) is 1.75. The average molecular weight is 361 g/mol. The van der Waals surface area contributed by atoms with E-state index in [-0.39, 0.29) is 0 Å². The van der Waals surface area contributed by atoms with Gasteiger partial charge >= 0.3 is 0 Å². The van der Waals surface area contributed by atoms with Crippen LogP contribution in [0.4, 0.5) is 11.8 Å². The average Bonchev–Trinajstić information content (AvgIpc) is 3.00. The summed E-state index contributed by atoms with van der Waals surface area (Å²) in [6, 6.07) is 2.52. The minimum Gasteiger partial charge on any atom is -0.368 e. The van der Waals surface area contributed by atoms with E-state index >= 15 is 0 Å². The van der Waals surface area contributed by atoms with E-state index in [0.29, 0.717) is 6.04 Å². The molecule has 0 radical (unpaired) electrons. The van der Waals surface area contributed by atoms with E-state index in [2.05, 4.69) is 48.0 Å². The number of anilines is 2. The maximum Gasteiger partial charge on any atom is 0.227 e. The largest absolute Gasteiger partial charge is 0.368 e. The Labute approximate surface area is 154 Å². The molecular formula is C18H28N6S. The highest BCUT2D eigenvalue weighted by Gasteiger charge is 2.21. The molecule has 3 rings (SSSR count). The van der Waals surface area contributed by atoms with Crippen LogP contribution in [-0.4, -0.2) is 56.1 Å². The third-order valence-electron chi connectivity index (χ3n) is 4.62. The van der Waals surface area contributed by atoms with Crippen molar-refractivity contribution in [3.63, 3.8) is 0 Å². The van der Waals surface area contributed by atoms with Crippen LogP contribution in [0.3, 0.4) is 0 Å². The number of hydrogen-bond donors (Lipinski definition) is 2. The summed E-state index contributed by atoms with van der Waals surface area (Å²) in [5.41, 5.74) is 3.72. The van der Waals surface area contributed by atoms with E-state index in [1.54, 1.807) is 0 Å². The van der Waals surface area contributed by atoms with Gasteiger partial charge in [-0.15, -0.1) is 11.3 Å². The Morgan fingerprint density at radius 1 is 1.28 bits per heavy atom. The zero-order chi connectivity index (χ0) is 18.0. The lowest BCUT2D eigenvalue weighted by Gasteiger charge is -2.27. The molecule has 7 heteroatoms. The van der Waals surface area contributed by atoms with Crippen LogP contribution in [-0.2, 0) is 13.0 Å². The van der Waals surface area contributed by atoms with Gasteiger partial charge < -0.3 is 20.4 Å². The summed E-state index contributed by atoms with van der Waals surface area (Å²) >= 11 is 1.83. The number of aryl methyl sites for hydroxylation is 1. The molecule has 1 aliphatic heterocycles. The van der Waals surface area contributed by atoms with Crippen molar-refractivity contribution in [1.29, 1.82) is 0 Å². The Hall–Kier alpha value is -1.70. The van der Waals surface area contributed by atoms with Gasteiger partial charge in [0, 0.05) is 37.6 Å². The van der Waals surface area contributed by atoms with E-state index in [4.69, 9.17) is 9.97 Å². The van der Waals surface area contributed by atoms with Crippen molar-refractivity contribution in [1.82, 2.24) is 20.2 Å². The lowest BCUT2D eigenvalue weighted by Crippen LogP contribution is -2.30. The first-order valence-corrected chi connectivity index (χ1v) is 9.57. The van der Waals surface area contributed by atoms with Crippen molar-refractivity contribution in [3.8, 4) is 0 Å². The Balaban J connectivity index is 1.86. The van der Waals surface area contributed by atoms with Crippen LogP contribution in [0.25, 0.3) is 0 Å². The molecule has 0 aromatic carbocycles. The van der Waals surface area contributed by atoms with Gasteiger partial charge in [0.2, 0.25) is 5.95 Å². The van der Waals surface area contributed by atoms with Crippen LogP contribution >= 0.6 is 11.3 Å². The summed E-state index contributed by atoms with van der Waals surface area (Å²) < 4.78 is 0. The van der Waals surface area contributed by atoms with Crippen LogP contribution in [0.15, 0.2) is 11.4 Å². The number of likely N-dealkylation sites (N-methyl/N-ethyl adjacent to an activating group) is 1. The maximum atomic E-state index is 4.78. The molecule has 3 heterocycles. The fourth-order valence-electron chi connectivity index (χ4n) is 3.12. The van der Waals surface area contributed by atoms with Gasteiger partial charge in [0.1, 0.15) is 5.82 Å². The molecular weight excluding hydrogens is 332 g/mol. The Morgan fingerprint density at radius 3 is 2.72 bits per heavy atom. The summed E-state index contributed by atoms with van der Waals surface area (Å²) in [6.45, 7) is 4.81. The van der Waals surface area contributed by atoms with Gasteiger partial charge in [-0.25, -0.2) is 4.98 Å². The lowest BCUT2D eigenvalue weighted by molar-refractivity contribution is 0.315. The van der Waals surface area contributed by atoms with Crippen molar-refractivity contribution < 1.29 is 0 Å². The number of aromatic nitrogens is 2. The standard InChI is InChI=1S/C18H28N6S/c1-12-7-9-25-16(12)15(23(2)3)11-20-17-13-6-8-19-10-14(13)21-18(22-17)24(4)5/h7,9,15,19H,6,8,10-11H2,1-5H3,(H,20,21,22). The summed E-state index contributed by atoms with van der Waals surface area (Å²) in [4.78, 5) is 15.1. The minimum atomic E-state index is 0.329. The quantitative estimate of drug-likeness (QED) is 0.824. The fraction of sp³-hybridized carbons (Fsp3) is 0.556. The molecule has 25 heavy (non-hydrogen) atoms. The first-order chi connectivity index (χ1) is 12.0. The van der Waals surface area contributed by atoms with Crippen LogP contribution in [0.2, 0.25) is 0 Å². The van der Waals surface area contributed by atoms with Crippen molar-refractivity contribution in [2.75, 3.05) is 51.5 Å². The second-order valence-electron chi connectivity index (χ2n) is 6.95. The molecule has 1 aliphatic rings. The van der Waals surface area contributed by atoms with Gasteiger partial charge in [-0.2, -0.15) is 4.98 Å². The van der Waals surface area contributed by atoms with Crippen molar-refractivity contribution in [2.45, 2.75) is 25.9 Å². The number of rotatable bonds is 6. The summed E-state index contributed by atoms with van der Waals surface area (Å²) in [6.07, 6.45) is 0.968. The SMILES string of the molecule is Cc1ccsc1C(CNc1nc(N(C)C)nc2c1CCNC2)N(C)C. The van der Waals surface area contributed by atoms with Gasteiger partial charge in [-0.05, 0) is 51.0 Å². The van der Waals surface area contributed by atoms with E-state index in [9.17, 15) is 0 Å². The molecule has 1 atom stereocenters. The molecule has 2 N–H and O–H groups in total. The predicted molar refractivity (Wildman–Crippen MR) is 106 cm³/mol. The van der Waals surface area contributed by atoms with E-state index < -0.39 is 0 Å². The maximum absolute atomic E-state index is 4.78. The monoisotopic (exact) mass is 360 g/mol. The van der Waals surface area contributed by atoms with Gasteiger partial charge in [0.05, 0.1) is 11.7 Å². The van der Waals surface area contributed by atoms with Crippen molar-refractivity contribution >= 4 is 23.1 Å². The van der Waals surface area contributed by atoms with Crippen LogP contribution in [0, 0.1) is 6.92 Å². The molecule has 0 saturated heterocycles. The highest BCUT2D eigenvalue weighted by atomic mass is 32.1. The molecule has 0 fully saturated rings. The second kappa shape index (κ2) is 7.68. The highest BCUT2D eigenvalue weighted by molar-refractivity contribution is 7.10. The Kier molecular flexibility index (Phi) is 5.56. The molecule has 1 unspecified atom stereocenters. The molecule has 0 amide bonds. The summed E-state index contributed by atoms with van der Waals surface area (Å²) in [7, 11) is 8.24. The second-order valence-corrected chi connectivity index (χ2v) is 7.89. The molecule has 136 valence electrons. The first kappa shape index (κ1) is 18.1. The predicted octanol–water partition coefficient (Wildman–Crippen LogP) is 2.27. The molecule has 0 spiro atoms. The van der Waals surface area contributed by atoms with Crippen LogP contribution in [0.1, 0.15) is 27.7 Å². The van der Waals surface area contributed by atoms with Crippen molar-refractivity contribution in [2.24, 2.45) is 0 Å². The topological polar surface area (TPSA) is 56.3 Å². The Bertz CT molecular complexity index is 724.